The molecule has 1 saturated carbocycles. The fourth-order valence-electron chi connectivity index (χ4n) is 3.29. The van der Waals surface area contributed by atoms with Crippen LogP contribution in [0, 0.1) is 30.5 Å². The molecule has 2 N–H and O–H groups in total. The minimum Gasteiger partial charge on any atom is -0.491 e. The van der Waals surface area contributed by atoms with E-state index in [0.29, 0.717) is 24.2 Å². The van der Waals surface area contributed by atoms with Crippen LogP contribution in [-0.2, 0) is 4.79 Å². The number of rotatable bonds is 5. The third-order valence-electron chi connectivity index (χ3n) is 4.58. The summed E-state index contributed by atoms with van der Waals surface area (Å²) in [5.74, 6) is 1.68. The molecule has 0 spiro atoms. The van der Waals surface area contributed by atoms with Gasteiger partial charge in [-0.1, -0.05) is 0 Å². The predicted molar refractivity (Wildman–Crippen MR) is 82.2 cm³/mol. The van der Waals surface area contributed by atoms with E-state index in [1.165, 1.54) is 12.1 Å². The van der Waals surface area contributed by atoms with E-state index in [0.717, 1.165) is 18.7 Å². The number of fused-ring (bicyclic) bond motifs is 1. The fraction of sp³-hybridized carbons (Fsp3) is 0.588. The van der Waals surface area contributed by atoms with Crippen molar-refractivity contribution in [3.63, 3.8) is 0 Å². The van der Waals surface area contributed by atoms with Gasteiger partial charge in [-0.25, -0.2) is 4.39 Å². The number of carbonyl (C=O) groups excluding carboxylic acids is 1. The molecule has 1 aliphatic carbocycles. The number of nitrogens with one attached hydrogen (secondary N) is 2. The molecule has 1 aromatic rings. The first kappa shape index (κ1) is 15.3. The second-order valence-electron chi connectivity index (χ2n) is 7.08. The van der Waals surface area contributed by atoms with Crippen molar-refractivity contribution in [3.05, 3.63) is 29.6 Å². The topological polar surface area (TPSA) is 50.4 Å². The van der Waals surface area contributed by atoms with Crippen LogP contribution in [0.25, 0.3) is 0 Å². The van der Waals surface area contributed by atoms with Crippen LogP contribution in [0.15, 0.2) is 18.2 Å². The molecule has 22 heavy (non-hydrogen) atoms. The van der Waals surface area contributed by atoms with Gasteiger partial charge in [0, 0.05) is 5.92 Å². The Morgan fingerprint density at radius 3 is 2.73 bits per heavy atom. The SMILES string of the molecule is Cc1cc(F)ccc1OCC(C)(C)NC(=O)[C@H]1[C@@H]2CNC[C@@H]21. The lowest BCUT2D eigenvalue weighted by Gasteiger charge is -2.27. The number of ether oxygens (including phenoxy) is 1. The molecule has 2 fully saturated rings. The van der Waals surface area contributed by atoms with Gasteiger partial charge in [-0.2, -0.15) is 0 Å². The molecule has 1 aromatic carbocycles. The summed E-state index contributed by atoms with van der Waals surface area (Å²) in [6.45, 7) is 7.96. The Kier molecular flexibility index (Phi) is 3.85. The Morgan fingerprint density at radius 1 is 1.41 bits per heavy atom. The lowest BCUT2D eigenvalue weighted by atomic mass is 10.1. The largest absolute Gasteiger partial charge is 0.491 e. The van der Waals surface area contributed by atoms with Crippen molar-refractivity contribution in [1.82, 2.24) is 10.6 Å². The molecule has 2 aliphatic rings. The summed E-state index contributed by atoms with van der Waals surface area (Å²) in [5, 5.41) is 6.37. The van der Waals surface area contributed by atoms with Crippen molar-refractivity contribution < 1.29 is 13.9 Å². The average Bonchev–Trinajstić information content (AvgIpc) is 2.91. The first-order valence-corrected chi connectivity index (χ1v) is 7.79. The molecule has 0 unspecified atom stereocenters. The fourth-order valence-corrected chi connectivity index (χ4v) is 3.29. The van der Waals surface area contributed by atoms with Crippen LogP contribution in [0.2, 0.25) is 0 Å². The Bertz CT molecular complexity index is 578. The van der Waals surface area contributed by atoms with Crippen LogP contribution < -0.4 is 15.4 Å². The molecule has 120 valence electrons. The van der Waals surface area contributed by atoms with Crippen LogP contribution in [-0.4, -0.2) is 31.1 Å². The second kappa shape index (κ2) is 5.54. The van der Waals surface area contributed by atoms with E-state index < -0.39 is 5.54 Å². The molecule has 5 heteroatoms. The van der Waals surface area contributed by atoms with Gasteiger partial charge >= 0.3 is 0 Å². The standard InChI is InChI=1S/C17H23FN2O2/c1-10-6-11(18)4-5-14(10)22-9-17(2,3)20-16(21)15-12-7-19-8-13(12)15/h4-6,12-13,15,19H,7-9H2,1-3H3,(H,20,21)/t12-,13+,15+. The summed E-state index contributed by atoms with van der Waals surface area (Å²) in [4.78, 5) is 12.3. The zero-order chi connectivity index (χ0) is 15.9. The van der Waals surface area contributed by atoms with E-state index in [2.05, 4.69) is 10.6 Å². The minimum absolute atomic E-state index is 0.126. The lowest BCUT2D eigenvalue weighted by molar-refractivity contribution is -0.125. The maximum absolute atomic E-state index is 13.1. The highest BCUT2D eigenvalue weighted by Crippen LogP contribution is 2.48. The van der Waals surface area contributed by atoms with Crippen molar-refractivity contribution in [1.29, 1.82) is 0 Å². The number of amides is 1. The summed E-state index contributed by atoms with van der Waals surface area (Å²) < 4.78 is 18.8. The molecule has 1 saturated heterocycles. The van der Waals surface area contributed by atoms with Crippen LogP contribution in [0.4, 0.5) is 4.39 Å². The first-order chi connectivity index (χ1) is 10.4. The minimum atomic E-state index is -0.456. The summed E-state index contributed by atoms with van der Waals surface area (Å²) in [5.41, 5.74) is 0.298. The predicted octanol–water partition coefficient (Wildman–Crippen LogP) is 1.87. The Morgan fingerprint density at radius 2 is 2.09 bits per heavy atom. The molecule has 0 bridgehead atoms. The van der Waals surface area contributed by atoms with E-state index >= 15 is 0 Å². The second-order valence-corrected chi connectivity index (χ2v) is 7.08. The van der Waals surface area contributed by atoms with Crippen molar-refractivity contribution in [3.8, 4) is 5.75 Å². The summed E-state index contributed by atoms with van der Waals surface area (Å²) in [7, 11) is 0. The van der Waals surface area contributed by atoms with Gasteiger partial charge in [-0.3, -0.25) is 4.79 Å². The Balaban J connectivity index is 1.53. The quantitative estimate of drug-likeness (QED) is 0.873. The van der Waals surface area contributed by atoms with Gasteiger partial charge in [-0.15, -0.1) is 0 Å². The Hall–Kier alpha value is -1.62. The van der Waals surface area contributed by atoms with Crippen molar-refractivity contribution >= 4 is 5.91 Å². The lowest BCUT2D eigenvalue weighted by Crippen LogP contribution is -2.49. The number of piperidine rings is 1. The van der Waals surface area contributed by atoms with E-state index in [1.54, 1.807) is 6.07 Å². The highest BCUT2D eigenvalue weighted by Gasteiger charge is 2.57. The molecule has 1 aliphatic heterocycles. The smallest absolute Gasteiger partial charge is 0.224 e. The molecule has 0 radical (unpaired) electrons. The molecule has 0 aromatic heterocycles. The first-order valence-electron chi connectivity index (χ1n) is 7.79. The van der Waals surface area contributed by atoms with Crippen molar-refractivity contribution in [2.45, 2.75) is 26.3 Å². The van der Waals surface area contributed by atoms with Gasteiger partial charge in [0.1, 0.15) is 18.2 Å². The highest BCUT2D eigenvalue weighted by atomic mass is 19.1. The third-order valence-corrected chi connectivity index (χ3v) is 4.58. The Labute approximate surface area is 130 Å². The molecule has 3 atom stereocenters. The van der Waals surface area contributed by atoms with E-state index in [-0.39, 0.29) is 17.6 Å². The van der Waals surface area contributed by atoms with Gasteiger partial charge < -0.3 is 15.4 Å². The molecular weight excluding hydrogens is 283 g/mol. The zero-order valence-electron chi connectivity index (χ0n) is 13.3. The number of carbonyl (C=O) groups is 1. The molecular formula is C17H23FN2O2. The van der Waals surface area contributed by atoms with Crippen LogP contribution in [0.1, 0.15) is 19.4 Å². The number of benzene rings is 1. The van der Waals surface area contributed by atoms with Crippen LogP contribution in [0.5, 0.6) is 5.75 Å². The van der Waals surface area contributed by atoms with Gasteiger partial charge in [0.25, 0.3) is 0 Å². The summed E-state index contributed by atoms with van der Waals surface area (Å²) in [6, 6.07) is 4.45. The molecule has 4 nitrogen and oxygen atoms in total. The summed E-state index contributed by atoms with van der Waals surface area (Å²) in [6.07, 6.45) is 0. The average molecular weight is 306 g/mol. The zero-order valence-corrected chi connectivity index (χ0v) is 13.3. The van der Waals surface area contributed by atoms with Crippen LogP contribution >= 0.6 is 0 Å². The van der Waals surface area contributed by atoms with E-state index in [9.17, 15) is 9.18 Å². The molecule has 3 rings (SSSR count). The van der Waals surface area contributed by atoms with E-state index in [4.69, 9.17) is 4.74 Å². The van der Waals surface area contributed by atoms with E-state index in [1.807, 2.05) is 20.8 Å². The maximum atomic E-state index is 13.1. The van der Waals surface area contributed by atoms with Crippen LogP contribution in [0.3, 0.4) is 0 Å². The molecule has 1 amide bonds. The summed E-state index contributed by atoms with van der Waals surface area (Å²) >= 11 is 0. The van der Waals surface area contributed by atoms with Gasteiger partial charge in [0.2, 0.25) is 5.91 Å². The van der Waals surface area contributed by atoms with Gasteiger partial charge in [0.15, 0.2) is 0 Å². The molecule has 1 heterocycles. The number of halogens is 1. The monoisotopic (exact) mass is 306 g/mol. The third kappa shape index (κ3) is 3.09. The number of aryl methyl sites for hydroxylation is 1. The normalized spacial score (nSPS) is 26.5. The van der Waals surface area contributed by atoms with Gasteiger partial charge in [0.05, 0.1) is 5.54 Å². The number of hydrogen-bond acceptors (Lipinski definition) is 3. The maximum Gasteiger partial charge on any atom is 0.224 e. The highest BCUT2D eigenvalue weighted by molar-refractivity contribution is 5.83. The van der Waals surface area contributed by atoms with Gasteiger partial charge in [-0.05, 0) is 69.5 Å². The number of hydrogen-bond donors (Lipinski definition) is 2. The van der Waals surface area contributed by atoms with Crippen molar-refractivity contribution in [2.75, 3.05) is 19.7 Å². The van der Waals surface area contributed by atoms with Crippen molar-refractivity contribution in [2.24, 2.45) is 17.8 Å².